The molecule has 0 spiro atoms. The number of hydrogen-bond acceptors (Lipinski definition) is 6. The number of carbonyl (C=O) groups excluding carboxylic acids is 1. The van der Waals surface area contributed by atoms with Crippen molar-refractivity contribution in [3.05, 3.63) is 58.1 Å². The van der Waals surface area contributed by atoms with Crippen LogP contribution in [0.15, 0.2) is 45.6 Å². The van der Waals surface area contributed by atoms with Gasteiger partial charge in [0.15, 0.2) is 0 Å². The fourth-order valence-corrected chi connectivity index (χ4v) is 4.10. The van der Waals surface area contributed by atoms with Gasteiger partial charge in [-0.1, -0.05) is 35.0 Å². The van der Waals surface area contributed by atoms with Crippen molar-refractivity contribution in [1.29, 1.82) is 0 Å². The predicted molar refractivity (Wildman–Crippen MR) is 109 cm³/mol. The molecule has 6 nitrogen and oxygen atoms in total. The standard InChI is InChI=1S/C21H24N4O2S/c1-16-3-2-4-17(13-16)14-24-8-10-25(11-9-24)20(26)6-5-19-22-21(23-27-19)18-7-12-28-15-18/h2-4,7,12-13,15H,5-6,8-11,14H2,1H3. The smallest absolute Gasteiger partial charge is 0.227 e. The predicted octanol–water partition coefficient (Wildman–Crippen LogP) is 3.38. The molecule has 0 bridgehead atoms. The lowest BCUT2D eigenvalue weighted by atomic mass is 10.1. The summed E-state index contributed by atoms with van der Waals surface area (Å²) in [5, 5.41) is 7.96. The van der Waals surface area contributed by atoms with E-state index in [0.29, 0.717) is 24.6 Å². The van der Waals surface area contributed by atoms with Gasteiger partial charge in [0.2, 0.25) is 17.6 Å². The van der Waals surface area contributed by atoms with E-state index in [-0.39, 0.29) is 5.91 Å². The van der Waals surface area contributed by atoms with Crippen molar-refractivity contribution in [2.75, 3.05) is 26.2 Å². The molecule has 2 aromatic heterocycles. The van der Waals surface area contributed by atoms with Gasteiger partial charge in [0.25, 0.3) is 0 Å². The highest BCUT2D eigenvalue weighted by Gasteiger charge is 2.21. The molecule has 28 heavy (non-hydrogen) atoms. The van der Waals surface area contributed by atoms with Crippen molar-refractivity contribution in [2.24, 2.45) is 0 Å². The summed E-state index contributed by atoms with van der Waals surface area (Å²) < 4.78 is 5.28. The maximum absolute atomic E-state index is 12.5. The Labute approximate surface area is 168 Å². The van der Waals surface area contributed by atoms with E-state index in [4.69, 9.17) is 4.52 Å². The van der Waals surface area contributed by atoms with E-state index >= 15 is 0 Å². The van der Waals surface area contributed by atoms with Gasteiger partial charge in [-0.3, -0.25) is 9.69 Å². The van der Waals surface area contributed by atoms with Gasteiger partial charge in [-0.15, -0.1) is 0 Å². The van der Waals surface area contributed by atoms with Crippen LogP contribution in [0.3, 0.4) is 0 Å². The van der Waals surface area contributed by atoms with Crippen molar-refractivity contribution in [1.82, 2.24) is 19.9 Å². The Hall–Kier alpha value is -2.51. The summed E-state index contributed by atoms with van der Waals surface area (Å²) in [5.74, 6) is 1.27. The third kappa shape index (κ3) is 4.66. The molecule has 0 saturated carbocycles. The Balaban J connectivity index is 1.23. The molecule has 7 heteroatoms. The maximum Gasteiger partial charge on any atom is 0.227 e. The monoisotopic (exact) mass is 396 g/mol. The topological polar surface area (TPSA) is 62.5 Å². The van der Waals surface area contributed by atoms with E-state index in [9.17, 15) is 4.79 Å². The molecular formula is C21H24N4O2S. The van der Waals surface area contributed by atoms with Gasteiger partial charge in [-0.2, -0.15) is 16.3 Å². The van der Waals surface area contributed by atoms with Crippen LogP contribution < -0.4 is 0 Å². The first-order valence-electron chi connectivity index (χ1n) is 9.58. The minimum Gasteiger partial charge on any atom is -0.340 e. The Morgan fingerprint density at radius 3 is 2.82 bits per heavy atom. The maximum atomic E-state index is 12.5. The van der Waals surface area contributed by atoms with Crippen molar-refractivity contribution in [3.8, 4) is 11.4 Å². The normalized spacial score (nSPS) is 15.1. The SMILES string of the molecule is Cc1cccc(CN2CCN(C(=O)CCc3nc(-c4ccsc4)no3)CC2)c1. The first-order chi connectivity index (χ1) is 13.7. The molecule has 1 fully saturated rings. The van der Waals surface area contributed by atoms with E-state index < -0.39 is 0 Å². The zero-order valence-corrected chi connectivity index (χ0v) is 16.8. The summed E-state index contributed by atoms with van der Waals surface area (Å²) in [7, 11) is 0. The van der Waals surface area contributed by atoms with Gasteiger partial charge < -0.3 is 9.42 Å². The van der Waals surface area contributed by atoms with Crippen LogP contribution in [0.4, 0.5) is 0 Å². The first kappa shape index (κ1) is 18.8. The van der Waals surface area contributed by atoms with Gasteiger partial charge in [0, 0.05) is 56.5 Å². The second kappa shape index (κ2) is 8.67. The molecule has 1 amide bonds. The highest BCUT2D eigenvalue weighted by Crippen LogP contribution is 2.19. The van der Waals surface area contributed by atoms with Gasteiger partial charge in [-0.25, -0.2) is 0 Å². The van der Waals surface area contributed by atoms with Gasteiger partial charge in [-0.05, 0) is 23.9 Å². The van der Waals surface area contributed by atoms with Crippen molar-refractivity contribution in [2.45, 2.75) is 26.3 Å². The summed E-state index contributed by atoms with van der Waals surface area (Å²) >= 11 is 1.60. The molecule has 0 radical (unpaired) electrons. The summed E-state index contributed by atoms with van der Waals surface area (Å²) in [6.45, 7) is 6.41. The molecule has 3 heterocycles. The van der Waals surface area contributed by atoms with E-state index in [0.717, 1.165) is 38.3 Å². The summed E-state index contributed by atoms with van der Waals surface area (Å²) in [6.07, 6.45) is 0.891. The molecule has 0 N–H and O–H groups in total. The number of rotatable bonds is 6. The van der Waals surface area contributed by atoms with Crippen LogP contribution in [0.1, 0.15) is 23.4 Å². The van der Waals surface area contributed by atoms with E-state index in [2.05, 4.69) is 46.2 Å². The van der Waals surface area contributed by atoms with Crippen LogP contribution in [-0.4, -0.2) is 52.0 Å². The zero-order chi connectivity index (χ0) is 19.3. The fourth-order valence-electron chi connectivity index (χ4n) is 3.46. The van der Waals surface area contributed by atoms with Gasteiger partial charge in [0.1, 0.15) is 0 Å². The summed E-state index contributed by atoms with van der Waals surface area (Å²) in [4.78, 5) is 21.3. The minimum atomic E-state index is 0.158. The molecule has 1 aliphatic rings. The Morgan fingerprint density at radius 1 is 1.21 bits per heavy atom. The number of piperazine rings is 1. The molecule has 1 aromatic carbocycles. The molecule has 1 aliphatic heterocycles. The molecule has 1 saturated heterocycles. The lowest BCUT2D eigenvalue weighted by Gasteiger charge is -2.34. The highest BCUT2D eigenvalue weighted by molar-refractivity contribution is 7.08. The summed E-state index contributed by atoms with van der Waals surface area (Å²) in [5.41, 5.74) is 3.57. The molecular weight excluding hydrogens is 372 g/mol. The quantitative estimate of drug-likeness (QED) is 0.639. The van der Waals surface area contributed by atoms with Gasteiger partial charge in [0.05, 0.1) is 0 Å². The number of aromatic nitrogens is 2. The summed E-state index contributed by atoms with van der Waals surface area (Å²) in [6, 6.07) is 10.6. The number of benzene rings is 1. The third-order valence-corrected chi connectivity index (χ3v) is 5.70. The number of nitrogens with zero attached hydrogens (tertiary/aromatic N) is 4. The average molecular weight is 397 g/mol. The highest BCUT2D eigenvalue weighted by atomic mass is 32.1. The van der Waals surface area contributed by atoms with E-state index in [1.165, 1.54) is 11.1 Å². The number of thiophene rings is 1. The molecule has 3 aromatic rings. The second-order valence-corrected chi connectivity index (χ2v) is 7.95. The Bertz CT molecular complexity index is 914. The van der Waals surface area contributed by atoms with Crippen LogP contribution in [0.25, 0.3) is 11.4 Å². The lowest BCUT2D eigenvalue weighted by Crippen LogP contribution is -2.48. The van der Waals surface area contributed by atoms with Crippen LogP contribution in [-0.2, 0) is 17.8 Å². The lowest BCUT2D eigenvalue weighted by molar-refractivity contribution is -0.133. The van der Waals surface area contributed by atoms with Crippen molar-refractivity contribution < 1.29 is 9.32 Å². The minimum absolute atomic E-state index is 0.158. The van der Waals surface area contributed by atoms with Crippen LogP contribution in [0.5, 0.6) is 0 Å². The van der Waals surface area contributed by atoms with Crippen molar-refractivity contribution in [3.63, 3.8) is 0 Å². The van der Waals surface area contributed by atoms with Crippen LogP contribution in [0.2, 0.25) is 0 Å². The molecule has 4 rings (SSSR count). The third-order valence-electron chi connectivity index (χ3n) is 5.01. The molecule has 0 aliphatic carbocycles. The molecule has 0 atom stereocenters. The molecule has 146 valence electrons. The number of hydrogen-bond donors (Lipinski definition) is 0. The fraction of sp³-hybridized carbons (Fsp3) is 0.381. The number of carbonyl (C=O) groups is 1. The second-order valence-electron chi connectivity index (χ2n) is 7.17. The number of amides is 1. The van der Waals surface area contributed by atoms with Gasteiger partial charge >= 0.3 is 0 Å². The van der Waals surface area contributed by atoms with Crippen LogP contribution in [0, 0.1) is 6.92 Å². The zero-order valence-electron chi connectivity index (χ0n) is 16.0. The average Bonchev–Trinajstić information content (AvgIpc) is 3.38. The van der Waals surface area contributed by atoms with Crippen molar-refractivity contribution >= 4 is 17.2 Å². The van der Waals surface area contributed by atoms with E-state index in [1.54, 1.807) is 11.3 Å². The number of aryl methyl sites for hydroxylation is 2. The van der Waals surface area contributed by atoms with E-state index in [1.807, 2.05) is 21.7 Å². The Kier molecular flexibility index (Phi) is 5.83. The Morgan fingerprint density at radius 2 is 2.07 bits per heavy atom. The first-order valence-corrected chi connectivity index (χ1v) is 10.5. The van der Waals surface area contributed by atoms with Crippen LogP contribution >= 0.6 is 11.3 Å². The molecule has 0 unspecified atom stereocenters. The largest absolute Gasteiger partial charge is 0.340 e.